The first kappa shape index (κ1) is 11.1. The molecule has 0 radical (unpaired) electrons. The van der Waals surface area contributed by atoms with Crippen molar-refractivity contribution in [2.45, 2.75) is 0 Å². The minimum absolute atomic E-state index is 0.0166. The van der Waals surface area contributed by atoms with Crippen LogP contribution in [0.2, 0.25) is 0 Å². The van der Waals surface area contributed by atoms with Gasteiger partial charge in [0.05, 0.1) is 0 Å². The third-order valence-electron chi connectivity index (χ3n) is 1.67. The van der Waals surface area contributed by atoms with E-state index < -0.39 is 0 Å². The van der Waals surface area contributed by atoms with E-state index in [0.717, 1.165) is 0 Å². The van der Waals surface area contributed by atoms with E-state index in [2.05, 4.69) is 11.9 Å². The second-order valence-corrected chi connectivity index (χ2v) is 2.95. The fourth-order valence-electron chi connectivity index (χ4n) is 0.990. The van der Waals surface area contributed by atoms with Crippen molar-refractivity contribution in [3.05, 3.63) is 36.9 Å². The highest BCUT2D eigenvalue weighted by atomic mass is 16.5. The molecular formula is C11H14N2O2. The molecule has 0 saturated carbocycles. The van der Waals surface area contributed by atoms with Crippen LogP contribution in [-0.4, -0.2) is 19.1 Å². The van der Waals surface area contributed by atoms with Crippen LogP contribution in [0.3, 0.4) is 0 Å². The van der Waals surface area contributed by atoms with E-state index in [1.54, 1.807) is 30.3 Å². The van der Waals surface area contributed by atoms with Crippen molar-refractivity contribution in [2.24, 2.45) is 0 Å². The van der Waals surface area contributed by atoms with Gasteiger partial charge in [-0.1, -0.05) is 12.1 Å². The standard InChI is InChI=1S/C11H14N2O2/c1-2-6-13-11(14)8-15-10-5-3-4-9(12)7-10/h2-5,7H,1,6,8,12H2,(H,13,14). The van der Waals surface area contributed by atoms with Gasteiger partial charge in [0.15, 0.2) is 6.61 Å². The van der Waals surface area contributed by atoms with E-state index in [-0.39, 0.29) is 12.5 Å². The number of carbonyl (C=O) groups excluding carboxylic acids is 1. The zero-order valence-corrected chi connectivity index (χ0v) is 8.40. The van der Waals surface area contributed by atoms with Crippen molar-refractivity contribution in [3.63, 3.8) is 0 Å². The van der Waals surface area contributed by atoms with E-state index >= 15 is 0 Å². The maximum atomic E-state index is 11.1. The van der Waals surface area contributed by atoms with Gasteiger partial charge in [-0.2, -0.15) is 0 Å². The topological polar surface area (TPSA) is 64.3 Å². The largest absolute Gasteiger partial charge is 0.484 e. The predicted octanol–water partition coefficient (Wildman–Crippen LogP) is 0.950. The quantitative estimate of drug-likeness (QED) is 0.557. The van der Waals surface area contributed by atoms with Crippen LogP contribution < -0.4 is 15.8 Å². The number of benzene rings is 1. The minimum Gasteiger partial charge on any atom is -0.484 e. The summed E-state index contributed by atoms with van der Waals surface area (Å²) in [6.07, 6.45) is 1.61. The second-order valence-electron chi connectivity index (χ2n) is 2.95. The van der Waals surface area contributed by atoms with Crippen molar-refractivity contribution in [1.82, 2.24) is 5.32 Å². The lowest BCUT2D eigenvalue weighted by Crippen LogP contribution is -2.28. The molecule has 3 N–H and O–H groups in total. The summed E-state index contributed by atoms with van der Waals surface area (Å²) < 4.78 is 5.22. The average molecular weight is 206 g/mol. The summed E-state index contributed by atoms with van der Waals surface area (Å²) in [6.45, 7) is 3.92. The Hall–Kier alpha value is -1.97. The molecule has 4 nitrogen and oxygen atoms in total. The SMILES string of the molecule is C=CCNC(=O)COc1cccc(N)c1. The molecule has 4 heteroatoms. The van der Waals surface area contributed by atoms with Gasteiger partial charge in [-0.05, 0) is 12.1 Å². The van der Waals surface area contributed by atoms with Gasteiger partial charge < -0.3 is 15.8 Å². The molecule has 0 bridgehead atoms. The van der Waals surface area contributed by atoms with Crippen molar-refractivity contribution in [3.8, 4) is 5.75 Å². The Bertz CT molecular complexity index is 350. The number of carbonyl (C=O) groups is 1. The maximum Gasteiger partial charge on any atom is 0.258 e. The molecule has 0 aliphatic carbocycles. The number of rotatable bonds is 5. The van der Waals surface area contributed by atoms with Gasteiger partial charge in [0, 0.05) is 18.3 Å². The molecule has 0 heterocycles. The van der Waals surface area contributed by atoms with Crippen LogP contribution >= 0.6 is 0 Å². The van der Waals surface area contributed by atoms with Crippen molar-refractivity contribution in [1.29, 1.82) is 0 Å². The van der Waals surface area contributed by atoms with Crippen LogP contribution in [0.5, 0.6) is 5.75 Å². The van der Waals surface area contributed by atoms with Crippen LogP contribution in [0.15, 0.2) is 36.9 Å². The smallest absolute Gasteiger partial charge is 0.258 e. The molecule has 80 valence electrons. The summed E-state index contributed by atoms with van der Waals surface area (Å²) in [4.78, 5) is 11.1. The third-order valence-corrected chi connectivity index (χ3v) is 1.67. The van der Waals surface area contributed by atoms with Crippen LogP contribution in [0.25, 0.3) is 0 Å². The molecule has 1 aromatic carbocycles. The summed E-state index contributed by atoms with van der Waals surface area (Å²) in [6, 6.07) is 6.94. The molecule has 15 heavy (non-hydrogen) atoms. The van der Waals surface area contributed by atoms with Gasteiger partial charge in [-0.3, -0.25) is 4.79 Å². The Morgan fingerprint density at radius 2 is 2.40 bits per heavy atom. The molecule has 1 rings (SSSR count). The first-order valence-corrected chi connectivity index (χ1v) is 4.58. The Morgan fingerprint density at radius 3 is 3.07 bits per heavy atom. The van der Waals surface area contributed by atoms with Gasteiger partial charge in [-0.15, -0.1) is 6.58 Å². The van der Waals surface area contributed by atoms with Gasteiger partial charge in [0.2, 0.25) is 0 Å². The molecule has 0 aromatic heterocycles. The molecule has 1 amide bonds. The Balaban J connectivity index is 2.36. The molecule has 0 atom stereocenters. The van der Waals surface area contributed by atoms with Gasteiger partial charge >= 0.3 is 0 Å². The number of hydrogen-bond acceptors (Lipinski definition) is 3. The van der Waals surface area contributed by atoms with E-state index in [4.69, 9.17) is 10.5 Å². The molecule has 0 saturated heterocycles. The van der Waals surface area contributed by atoms with Crippen LogP contribution in [0.1, 0.15) is 0 Å². The number of hydrogen-bond donors (Lipinski definition) is 2. The Morgan fingerprint density at radius 1 is 1.60 bits per heavy atom. The fraction of sp³-hybridized carbons (Fsp3) is 0.182. The van der Waals surface area contributed by atoms with Crippen LogP contribution in [0, 0.1) is 0 Å². The van der Waals surface area contributed by atoms with E-state index in [0.29, 0.717) is 18.0 Å². The number of ether oxygens (including phenoxy) is 1. The number of nitrogen functional groups attached to an aromatic ring is 1. The lowest BCUT2D eigenvalue weighted by Gasteiger charge is -2.06. The van der Waals surface area contributed by atoms with Gasteiger partial charge in [0.1, 0.15) is 5.75 Å². The number of amides is 1. The molecular weight excluding hydrogens is 192 g/mol. The third kappa shape index (κ3) is 4.17. The summed E-state index contributed by atoms with van der Waals surface area (Å²) in [5, 5.41) is 2.60. The highest BCUT2D eigenvalue weighted by Gasteiger charge is 2.00. The molecule has 0 spiro atoms. The number of nitrogens with one attached hydrogen (secondary N) is 1. The molecule has 1 aromatic rings. The molecule has 0 fully saturated rings. The van der Waals surface area contributed by atoms with Gasteiger partial charge in [0.25, 0.3) is 5.91 Å². The molecule has 0 aliphatic rings. The Kier molecular flexibility index (Phi) is 4.22. The van der Waals surface area contributed by atoms with Crippen molar-refractivity contribution >= 4 is 11.6 Å². The second kappa shape index (κ2) is 5.70. The Labute approximate surface area is 88.7 Å². The first-order valence-electron chi connectivity index (χ1n) is 4.58. The summed E-state index contributed by atoms with van der Waals surface area (Å²) in [7, 11) is 0. The van der Waals surface area contributed by atoms with Gasteiger partial charge in [-0.25, -0.2) is 0 Å². The summed E-state index contributed by atoms with van der Waals surface area (Å²) in [5.74, 6) is 0.404. The van der Waals surface area contributed by atoms with Crippen molar-refractivity contribution in [2.75, 3.05) is 18.9 Å². The zero-order chi connectivity index (χ0) is 11.1. The maximum absolute atomic E-state index is 11.1. The van der Waals surface area contributed by atoms with E-state index in [1.165, 1.54) is 0 Å². The highest BCUT2D eigenvalue weighted by molar-refractivity contribution is 5.77. The average Bonchev–Trinajstić information content (AvgIpc) is 2.23. The molecule has 0 unspecified atom stereocenters. The zero-order valence-electron chi connectivity index (χ0n) is 8.40. The number of nitrogens with two attached hydrogens (primary N) is 1. The summed E-state index contributed by atoms with van der Waals surface area (Å²) >= 11 is 0. The summed E-state index contributed by atoms with van der Waals surface area (Å²) in [5.41, 5.74) is 6.16. The number of anilines is 1. The van der Waals surface area contributed by atoms with E-state index in [1.807, 2.05) is 0 Å². The van der Waals surface area contributed by atoms with E-state index in [9.17, 15) is 4.79 Å². The lowest BCUT2D eigenvalue weighted by molar-refractivity contribution is -0.122. The molecule has 0 aliphatic heterocycles. The normalized spacial score (nSPS) is 9.33. The minimum atomic E-state index is -0.183. The van der Waals surface area contributed by atoms with Crippen molar-refractivity contribution < 1.29 is 9.53 Å². The predicted molar refractivity (Wildman–Crippen MR) is 59.6 cm³/mol. The fourth-order valence-corrected chi connectivity index (χ4v) is 0.990. The van der Waals surface area contributed by atoms with Crippen LogP contribution in [-0.2, 0) is 4.79 Å². The monoisotopic (exact) mass is 206 g/mol. The van der Waals surface area contributed by atoms with Crippen LogP contribution in [0.4, 0.5) is 5.69 Å². The highest BCUT2D eigenvalue weighted by Crippen LogP contribution is 2.13. The lowest BCUT2D eigenvalue weighted by atomic mass is 10.3. The first-order chi connectivity index (χ1) is 7.22.